The van der Waals surface area contributed by atoms with Crippen LogP contribution in [0.3, 0.4) is 0 Å². The van der Waals surface area contributed by atoms with Crippen molar-refractivity contribution in [2.45, 2.75) is 52.4 Å². The van der Waals surface area contributed by atoms with Gasteiger partial charge >= 0.3 is 29.8 Å². The normalized spacial score (nSPS) is 11.4. The van der Waals surface area contributed by atoms with Crippen LogP contribution in [0.15, 0.2) is 63.3 Å². The molecule has 0 radical (unpaired) electrons. The van der Waals surface area contributed by atoms with Gasteiger partial charge in [0.1, 0.15) is 12.7 Å². The van der Waals surface area contributed by atoms with Crippen LogP contribution < -0.4 is 0 Å². The minimum atomic E-state index is -0.981. The lowest BCUT2D eigenvalue weighted by molar-refractivity contribution is -0.148. The lowest BCUT2D eigenvalue weighted by Gasteiger charge is -2.24. The van der Waals surface area contributed by atoms with E-state index in [2.05, 4.69) is 32.9 Å². The zero-order valence-corrected chi connectivity index (χ0v) is 26.5. The molecule has 0 saturated heterocycles. The van der Waals surface area contributed by atoms with E-state index in [1.165, 1.54) is 0 Å². The maximum Gasteiger partial charge on any atom is 0.330 e. The molecule has 3 atom stereocenters. The highest BCUT2D eigenvalue weighted by molar-refractivity contribution is 5.81. The first-order chi connectivity index (χ1) is 20.9. The average Bonchev–Trinajstić information content (AvgIpc) is 3.03. The Kier molecular flexibility index (Phi) is 38.5. The highest BCUT2D eigenvalue weighted by atomic mass is 16.6. The van der Waals surface area contributed by atoms with Crippen LogP contribution in [-0.2, 0) is 42.9 Å². The van der Waals surface area contributed by atoms with Gasteiger partial charge in [0.25, 0.3) is 0 Å². The van der Waals surface area contributed by atoms with Gasteiger partial charge < -0.3 is 49.6 Å². The molecule has 260 valence electrons. The quantitative estimate of drug-likeness (QED) is 0.0914. The van der Waals surface area contributed by atoms with Crippen LogP contribution >= 0.6 is 0 Å². The molecule has 0 rings (SSSR count). The Labute approximate surface area is 264 Å². The maximum absolute atomic E-state index is 11.0. The molecule has 0 aliphatic rings. The predicted molar refractivity (Wildman–Crippen MR) is 165 cm³/mol. The summed E-state index contributed by atoms with van der Waals surface area (Å²) in [7, 11) is 0. The third-order valence-electron chi connectivity index (χ3n) is 4.62. The predicted octanol–water partition coefficient (Wildman–Crippen LogP) is 1.77. The molecule has 0 saturated carbocycles. The van der Waals surface area contributed by atoms with E-state index in [0.717, 1.165) is 30.4 Å². The number of carbonyl (C=O) groups excluding carboxylic acids is 2. The topological polar surface area (TPSA) is 244 Å². The van der Waals surface area contributed by atoms with E-state index in [-0.39, 0.29) is 51.3 Å². The van der Waals surface area contributed by atoms with Crippen molar-refractivity contribution in [3.63, 3.8) is 0 Å². The smallest absolute Gasteiger partial charge is 0.330 e. The van der Waals surface area contributed by atoms with E-state index in [1.54, 1.807) is 13.8 Å². The van der Waals surface area contributed by atoms with Crippen molar-refractivity contribution in [2.75, 3.05) is 39.6 Å². The summed E-state index contributed by atoms with van der Waals surface area (Å²) in [5.41, 5.74) is -0.667. The van der Waals surface area contributed by atoms with Crippen LogP contribution in [0, 0.1) is 5.41 Å². The molecule has 0 fully saturated rings. The summed E-state index contributed by atoms with van der Waals surface area (Å²) in [6.45, 7) is 23.0. The largest absolute Gasteiger partial charge is 0.478 e. The van der Waals surface area contributed by atoms with Gasteiger partial charge in [-0.15, -0.1) is 0 Å². The molecule has 0 spiro atoms. The molecule has 6 N–H and O–H groups in total. The SMILES string of the molecule is C=CC(=O)O.C=CC(=O)O.C=CC(=O)O.C=CC(=O)OCC(C)OCC(C)OCC(C)OC(=O)C=C.CCC(CO)(CO)CO. The van der Waals surface area contributed by atoms with Crippen molar-refractivity contribution in [3.05, 3.63) is 63.3 Å². The summed E-state index contributed by atoms with van der Waals surface area (Å²) in [6, 6.07) is 0. The Morgan fingerprint density at radius 1 is 0.600 bits per heavy atom. The maximum atomic E-state index is 11.0. The second-order valence-electron chi connectivity index (χ2n) is 8.53. The lowest BCUT2D eigenvalue weighted by Crippen LogP contribution is -2.32. The number of esters is 2. The summed E-state index contributed by atoms with van der Waals surface area (Å²) in [5.74, 6) is -3.90. The van der Waals surface area contributed by atoms with E-state index in [0.29, 0.717) is 13.0 Å². The fourth-order valence-electron chi connectivity index (χ4n) is 1.72. The van der Waals surface area contributed by atoms with Crippen molar-refractivity contribution in [1.82, 2.24) is 0 Å². The van der Waals surface area contributed by atoms with E-state index >= 15 is 0 Å². The minimum Gasteiger partial charge on any atom is -0.478 e. The number of ether oxygens (including phenoxy) is 4. The van der Waals surface area contributed by atoms with Gasteiger partial charge in [-0.2, -0.15) is 0 Å². The van der Waals surface area contributed by atoms with Crippen molar-refractivity contribution < 1.29 is 73.6 Å². The molecule has 15 nitrogen and oxygen atoms in total. The Balaban J connectivity index is -0.000000181. The molecule has 0 amide bonds. The van der Waals surface area contributed by atoms with Crippen LogP contribution in [0.1, 0.15) is 34.1 Å². The second kappa shape index (κ2) is 34.3. The molecule has 0 bridgehead atoms. The molecule has 0 heterocycles. The summed E-state index contributed by atoms with van der Waals surface area (Å²) in [4.78, 5) is 49.6. The first-order valence-electron chi connectivity index (χ1n) is 13.2. The van der Waals surface area contributed by atoms with E-state index in [4.69, 9.17) is 49.6 Å². The number of aliphatic carboxylic acids is 3. The van der Waals surface area contributed by atoms with Crippen LogP contribution in [0.2, 0.25) is 0 Å². The molecule has 3 unspecified atom stereocenters. The van der Waals surface area contributed by atoms with Crippen molar-refractivity contribution in [2.24, 2.45) is 5.41 Å². The molecular formula is C30H50O15. The number of carboxylic acids is 3. The highest BCUT2D eigenvalue weighted by Gasteiger charge is 2.24. The number of rotatable bonds is 18. The first kappa shape index (κ1) is 50.5. The Morgan fingerprint density at radius 3 is 1.16 bits per heavy atom. The van der Waals surface area contributed by atoms with Gasteiger partial charge in [0.2, 0.25) is 0 Å². The van der Waals surface area contributed by atoms with E-state index in [9.17, 15) is 24.0 Å². The third kappa shape index (κ3) is 42.0. The van der Waals surface area contributed by atoms with Crippen molar-refractivity contribution in [1.29, 1.82) is 0 Å². The molecule has 15 heteroatoms. The average molecular weight is 651 g/mol. The van der Waals surface area contributed by atoms with Gasteiger partial charge in [-0.1, -0.05) is 39.8 Å². The van der Waals surface area contributed by atoms with Crippen LogP contribution in [0.4, 0.5) is 0 Å². The van der Waals surface area contributed by atoms with Gasteiger partial charge in [0, 0.05) is 35.8 Å². The second-order valence-corrected chi connectivity index (χ2v) is 8.53. The first-order valence-corrected chi connectivity index (χ1v) is 13.2. The number of hydrogen-bond acceptors (Lipinski definition) is 12. The molecule has 0 aromatic rings. The number of aliphatic hydroxyl groups is 3. The van der Waals surface area contributed by atoms with Crippen molar-refractivity contribution in [3.8, 4) is 0 Å². The summed E-state index contributed by atoms with van der Waals surface area (Å²) < 4.78 is 20.8. The van der Waals surface area contributed by atoms with Gasteiger partial charge in [-0.05, 0) is 27.2 Å². The van der Waals surface area contributed by atoms with Gasteiger partial charge in [0.15, 0.2) is 0 Å². The fraction of sp³-hybridized carbons (Fsp3) is 0.500. The third-order valence-corrected chi connectivity index (χ3v) is 4.62. The molecule has 45 heavy (non-hydrogen) atoms. The van der Waals surface area contributed by atoms with Gasteiger partial charge in [-0.25, -0.2) is 24.0 Å². The minimum absolute atomic E-state index is 0.156. The Bertz CT molecular complexity index is 818. The molecule has 0 aromatic carbocycles. The zero-order chi connectivity index (χ0) is 36.4. The standard InChI is InChI=1S/C15H24O6.C6H14O3.3C3H4O2/c1-6-14(16)20-9-12(4)18-8-11(3)19-10-13(5)21-15(17)7-2;1-2-6(3-7,4-8)5-9;3*1-2-3(4)5/h6-7,11-13H,1-2,8-10H2,3-5H3;7-9H,2-5H2,1H3;3*2H,1H2,(H,4,5). The van der Waals surface area contributed by atoms with Crippen molar-refractivity contribution >= 4 is 29.8 Å². The lowest BCUT2D eigenvalue weighted by atomic mass is 9.88. The van der Waals surface area contributed by atoms with E-state index < -0.39 is 35.3 Å². The van der Waals surface area contributed by atoms with Crippen LogP contribution in [0.25, 0.3) is 0 Å². The van der Waals surface area contributed by atoms with Crippen LogP contribution in [0.5, 0.6) is 0 Å². The summed E-state index contributed by atoms with van der Waals surface area (Å²) in [6.07, 6.45) is 4.53. The zero-order valence-electron chi connectivity index (χ0n) is 26.5. The number of carboxylic acid groups (broad SMARTS) is 3. The Hall–Kier alpha value is -4.15. The Morgan fingerprint density at radius 2 is 0.911 bits per heavy atom. The highest BCUT2D eigenvalue weighted by Crippen LogP contribution is 2.18. The summed E-state index contributed by atoms with van der Waals surface area (Å²) >= 11 is 0. The van der Waals surface area contributed by atoms with Crippen LogP contribution in [-0.4, -0.2) is 118 Å². The number of hydrogen-bond donors (Lipinski definition) is 6. The monoisotopic (exact) mass is 650 g/mol. The summed E-state index contributed by atoms with van der Waals surface area (Å²) in [5, 5.41) is 48.8. The van der Waals surface area contributed by atoms with Gasteiger partial charge in [0.05, 0.1) is 45.2 Å². The fourth-order valence-corrected chi connectivity index (χ4v) is 1.72. The number of carbonyl (C=O) groups is 5. The molecule has 0 aliphatic carbocycles. The number of aliphatic hydroxyl groups excluding tert-OH is 3. The molecule has 0 aliphatic heterocycles. The molecular weight excluding hydrogens is 600 g/mol. The molecule has 0 aromatic heterocycles. The van der Waals surface area contributed by atoms with E-state index in [1.807, 2.05) is 13.8 Å². The van der Waals surface area contributed by atoms with Gasteiger partial charge in [-0.3, -0.25) is 0 Å².